The van der Waals surface area contributed by atoms with Gasteiger partial charge in [-0.3, -0.25) is 0 Å². The van der Waals surface area contributed by atoms with Gasteiger partial charge in [0, 0.05) is 23.2 Å². The summed E-state index contributed by atoms with van der Waals surface area (Å²) in [6, 6.07) is 2.48. The summed E-state index contributed by atoms with van der Waals surface area (Å²) >= 11 is 0. The number of nitrogen functional groups attached to an aromatic ring is 1. The van der Waals surface area contributed by atoms with Crippen molar-refractivity contribution in [1.29, 1.82) is 0 Å². The highest BCUT2D eigenvalue weighted by Gasteiger charge is 2.38. The topological polar surface area (TPSA) is 52.0 Å². The molecule has 0 aliphatic heterocycles. The van der Waals surface area contributed by atoms with Crippen LogP contribution in [-0.4, -0.2) is 6.54 Å². The zero-order valence-corrected chi connectivity index (χ0v) is 9.10. The van der Waals surface area contributed by atoms with Gasteiger partial charge in [-0.2, -0.15) is 0 Å². The van der Waals surface area contributed by atoms with E-state index in [0.717, 1.165) is 31.7 Å². The Morgan fingerprint density at radius 2 is 1.81 bits per heavy atom. The fourth-order valence-corrected chi connectivity index (χ4v) is 2.71. The molecule has 1 aromatic carbocycles. The van der Waals surface area contributed by atoms with Crippen LogP contribution < -0.4 is 11.5 Å². The van der Waals surface area contributed by atoms with Gasteiger partial charge >= 0.3 is 0 Å². The third-order valence-corrected chi connectivity index (χ3v) is 3.61. The normalized spacial score (nSPS) is 18.9. The molecule has 16 heavy (non-hydrogen) atoms. The molecule has 0 saturated heterocycles. The molecule has 4 heteroatoms. The molecule has 1 aliphatic rings. The Balaban J connectivity index is 2.57. The van der Waals surface area contributed by atoms with E-state index in [0.29, 0.717) is 12.2 Å². The fraction of sp³-hybridized carbons (Fsp3) is 0.500. The van der Waals surface area contributed by atoms with Crippen molar-refractivity contribution in [1.82, 2.24) is 0 Å². The van der Waals surface area contributed by atoms with Crippen LogP contribution >= 0.6 is 0 Å². The summed E-state index contributed by atoms with van der Waals surface area (Å²) in [5, 5.41) is 0. The van der Waals surface area contributed by atoms with Crippen molar-refractivity contribution in [3.63, 3.8) is 0 Å². The Morgan fingerprint density at radius 3 is 2.38 bits per heavy atom. The van der Waals surface area contributed by atoms with Crippen molar-refractivity contribution in [3.8, 4) is 0 Å². The van der Waals surface area contributed by atoms with Gasteiger partial charge in [0.15, 0.2) is 11.6 Å². The van der Waals surface area contributed by atoms with Crippen molar-refractivity contribution in [2.75, 3.05) is 12.3 Å². The Kier molecular flexibility index (Phi) is 2.84. The number of nitrogens with two attached hydrogens (primary N) is 2. The summed E-state index contributed by atoms with van der Waals surface area (Å²) in [5.41, 5.74) is 11.6. The summed E-state index contributed by atoms with van der Waals surface area (Å²) in [4.78, 5) is 0. The van der Waals surface area contributed by atoms with Crippen LogP contribution in [-0.2, 0) is 5.41 Å². The highest BCUT2D eigenvalue weighted by molar-refractivity contribution is 5.52. The number of rotatable bonds is 2. The van der Waals surface area contributed by atoms with Gasteiger partial charge in [0.2, 0.25) is 0 Å². The Hall–Kier alpha value is -1.16. The molecule has 1 aliphatic carbocycles. The molecular weight excluding hydrogens is 210 g/mol. The minimum Gasteiger partial charge on any atom is -0.398 e. The van der Waals surface area contributed by atoms with Crippen molar-refractivity contribution < 1.29 is 8.78 Å². The van der Waals surface area contributed by atoms with E-state index in [2.05, 4.69) is 0 Å². The molecule has 1 saturated carbocycles. The Bertz CT molecular complexity index is 398. The van der Waals surface area contributed by atoms with Crippen molar-refractivity contribution in [2.45, 2.75) is 31.1 Å². The van der Waals surface area contributed by atoms with Crippen molar-refractivity contribution in [2.24, 2.45) is 5.73 Å². The zero-order chi connectivity index (χ0) is 11.8. The number of hydrogen-bond acceptors (Lipinski definition) is 2. The monoisotopic (exact) mass is 226 g/mol. The maximum absolute atomic E-state index is 13.8. The van der Waals surface area contributed by atoms with Gasteiger partial charge in [0.25, 0.3) is 0 Å². The molecule has 88 valence electrons. The van der Waals surface area contributed by atoms with E-state index in [-0.39, 0.29) is 5.56 Å². The summed E-state index contributed by atoms with van der Waals surface area (Å²) in [7, 11) is 0. The average molecular weight is 226 g/mol. The SMILES string of the molecule is NCC1(c2c(N)ccc(F)c2F)CCCC1. The number of benzene rings is 1. The standard InChI is InChI=1S/C12H16F2N2/c13-8-3-4-9(16)10(11(8)14)12(7-15)5-1-2-6-12/h3-4H,1-2,5-7,15-16H2. The van der Waals surface area contributed by atoms with E-state index >= 15 is 0 Å². The first-order chi connectivity index (χ1) is 7.60. The third kappa shape index (κ3) is 1.57. The van der Waals surface area contributed by atoms with Crippen LogP contribution in [0.15, 0.2) is 12.1 Å². The lowest BCUT2D eigenvalue weighted by Crippen LogP contribution is -2.34. The molecule has 0 heterocycles. The highest BCUT2D eigenvalue weighted by Crippen LogP contribution is 2.44. The van der Waals surface area contributed by atoms with Crippen LogP contribution in [0.4, 0.5) is 14.5 Å². The minimum absolute atomic E-state index is 0.285. The van der Waals surface area contributed by atoms with Crippen LogP contribution in [0.5, 0.6) is 0 Å². The van der Waals surface area contributed by atoms with E-state index in [4.69, 9.17) is 11.5 Å². The van der Waals surface area contributed by atoms with E-state index in [1.54, 1.807) is 0 Å². The molecule has 0 atom stereocenters. The maximum Gasteiger partial charge on any atom is 0.164 e. The molecule has 0 radical (unpaired) electrons. The van der Waals surface area contributed by atoms with Gasteiger partial charge in [-0.15, -0.1) is 0 Å². The van der Waals surface area contributed by atoms with E-state index in [1.165, 1.54) is 6.07 Å². The Labute approximate surface area is 93.6 Å². The van der Waals surface area contributed by atoms with Gasteiger partial charge in [-0.25, -0.2) is 8.78 Å². The first kappa shape index (κ1) is 11.3. The average Bonchev–Trinajstić information content (AvgIpc) is 2.74. The second-order valence-electron chi connectivity index (χ2n) is 4.52. The van der Waals surface area contributed by atoms with Gasteiger partial charge in [0.05, 0.1) is 0 Å². The molecule has 1 fully saturated rings. The smallest absolute Gasteiger partial charge is 0.164 e. The van der Waals surface area contributed by atoms with Gasteiger partial charge < -0.3 is 11.5 Å². The number of hydrogen-bond donors (Lipinski definition) is 2. The van der Waals surface area contributed by atoms with Gasteiger partial charge in [0.1, 0.15) is 0 Å². The minimum atomic E-state index is -0.844. The molecule has 2 rings (SSSR count). The molecular formula is C12H16F2N2. The molecule has 4 N–H and O–H groups in total. The van der Waals surface area contributed by atoms with Gasteiger partial charge in [-0.05, 0) is 25.0 Å². The van der Waals surface area contributed by atoms with Crippen LogP contribution in [0.25, 0.3) is 0 Å². The van der Waals surface area contributed by atoms with Crippen LogP contribution in [0.3, 0.4) is 0 Å². The van der Waals surface area contributed by atoms with Crippen LogP contribution in [0.1, 0.15) is 31.2 Å². The van der Waals surface area contributed by atoms with E-state index < -0.39 is 17.0 Å². The number of halogens is 2. The van der Waals surface area contributed by atoms with Gasteiger partial charge in [-0.1, -0.05) is 12.8 Å². The molecule has 0 spiro atoms. The molecule has 2 nitrogen and oxygen atoms in total. The summed E-state index contributed by atoms with van der Waals surface area (Å²) in [6.45, 7) is 0.317. The quantitative estimate of drug-likeness (QED) is 0.760. The lowest BCUT2D eigenvalue weighted by molar-refractivity contribution is 0.410. The predicted molar refractivity (Wildman–Crippen MR) is 60.0 cm³/mol. The largest absolute Gasteiger partial charge is 0.398 e. The molecule has 0 bridgehead atoms. The highest BCUT2D eigenvalue weighted by atomic mass is 19.2. The number of anilines is 1. The second-order valence-corrected chi connectivity index (χ2v) is 4.52. The molecule has 1 aromatic rings. The summed E-state index contributed by atoms with van der Waals surface area (Å²) < 4.78 is 27.1. The third-order valence-electron chi connectivity index (χ3n) is 3.61. The fourth-order valence-electron chi connectivity index (χ4n) is 2.71. The predicted octanol–water partition coefficient (Wildman–Crippen LogP) is 2.32. The Morgan fingerprint density at radius 1 is 1.19 bits per heavy atom. The van der Waals surface area contributed by atoms with E-state index in [1.807, 2.05) is 0 Å². The first-order valence-electron chi connectivity index (χ1n) is 5.55. The molecule has 0 unspecified atom stereocenters. The molecule has 0 amide bonds. The van der Waals surface area contributed by atoms with Crippen LogP contribution in [0.2, 0.25) is 0 Å². The second kappa shape index (κ2) is 4.01. The lowest BCUT2D eigenvalue weighted by Gasteiger charge is -2.29. The van der Waals surface area contributed by atoms with Crippen molar-refractivity contribution in [3.05, 3.63) is 29.3 Å². The maximum atomic E-state index is 13.8. The first-order valence-corrected chi connectivity index (χ1v) is 5.55. The summed E-state index contributed by atoms with van der Waals surface area (Å²) in [6.07, 6.45) is 3.56. The van der Waals surface area contributed by atoms with E-state index in [9.17, 15) is 8.78 Å². The zero-order valence-electron chi connectivity index (χ0n) is 9.10. The van der Waals surface area contributed by atoms with Crippen LogP contribution in [0, 0.1) is 11.6 Å². The molecule has 0 aromatic heterocycles. The summed E-state index contributed by atoms with van der Waals surface area (Å²) in [5.74, 6) is -1.67. The lowest BCUT2D eigenvalue weighted by atomic mass is 9.77. The van der Waals surface area contributed by atoms with Crippen molar-refractivity contribution >= 4 is 5.69 Å².